The summed E-state index contributed by atoms with van der Waals surface area (Å²) in [5, 5.41) is 11.5. The molecule has 1 heterocycles. The summed E-state index contributed by atoms with van der Waals surface area (Å²) in [6.45, 7) is 3.58. The van der Waals surface area contributed by atoms with E-state index in [0.717, 1.165) is 11.1 Å². The first-order valence-corrected chi connectivity index (χ1v) is 12.5. The number of halogens is 4. The number of imide groups is 1. The number of hydrogen-bond acceptors (Lipinski definition) is 4. The highest BCUT2D eigenvalue weighted by molar-refractivity contribution is 6.30. The summed E-state index contributed by atoms with van der Waals surface area (Å²) in [6, 6.07) is 17.4. The van der Waals surface area contributed by atoms with E-state index >= 15 is 0 Å². The van der Waals surface area contributed by atoms with Gasteiger partial charge in [-0.3, -0.25) is 14.9 Å². The van der Waals surface area contributed by atoms with Crippen LogP contribution in [0.3, 0.4) is 0 Å². The second kappa shape index (κ2) is 11.4. The Morgan fingerprint density at radius 2 is 1.62 bits per heavy atom. The van der Waals surface area contributed by atoms with Gasteiger partial charge in [0, 0.05) is 40.2 Å². The minimum Gasteiger partial charge on any atom is -0.465 e. The Labute approximate surface area is 232 Å². The molecule has 0 fully saturated rings. The summed E-state index contributed by atoms with van der Waals surface area (Å²) < 4.78 is 44.7. The lowest BCUT2D eigenvalue weighted by Gasteiger charge is -2.13. The van der Waals surface area contributed by atoms with E-state index in [1.165, 1.54) is 18.2 Å². The van der Waals surface area contributed by atoms with Crippen molar-refractivity contribution in [3.8, 4) is 5.75 Å². The lowest BCUT2D eigenvalue weighted by atomic mass is 9.99. The van der Waals surface area contributed by atoms with Crippen LogP contribution in [-0.2, 0) is 17.8 Å². The largest absolute Gasteiger partial charge is 0.573 e. The molecule has 0 saturated heterocycles. The van der Waals surface area contributed by atoms with Gasteiger partial charge in [0.1, 0.15) is 5.75 Å². The first-order valence-electron chi connectivity index (χ1n) is 12.1. The molecular formula is C29H24ClF3N2O5. The van der Waals surface area contributed by atoms with Gasteiger partial charge in [0.15, 0.2) is 5.78 Å². The van der Waals surface area contributed by atoms with Crippen molar-refractivity contribution in [2.75, 3.05) is 0 Å². The van der Waals surface area contributed by atoms with Crippen LogP contribution in [0.4, 0.5) is 18.0 Å². The summed E-state index contributed by atoms with van der Waals surface area (Å²) in [5.41, 5.74) is 3.27. The maximum Gasteiger partial charge on any atom is 0.573 e. The Morgan fingerprint density at radius 1 is 1.00 bits per heavy atom. The fourth-order valence-electron chi connectivity index (χ4n) is 4.53. The summed E-state index contributed by atoms with van der Waals surface area (Å²) in [7, 11) is 0. The highest BCUT2D eigenvalue weighted by Crippen LogP contribution is 2.33. The van der Waals surface area contributed by atoms with Crippen LogP contribution in [0.2, 0.25) is 5.02 Å². The lowest BCUT2D eigenvalue weighted by molar-refractivity contribution is -0.274. The van der Waals surface area contributed by atoms with Gasteiger partial charge in [-0.15, -0.1) is 13.2 Å². The van der Waals surface area contributed by atoms with E-state index < -0.39 is 30.0 Å². The van der Waals surface area contributed by atoms with Crippen LogP contribution in [0.1, 0.15) is 39.7 Å². The number of fused-ring (bicyclic) bond motifs is 1. The molecule has 2 amide bonds. The molecule has 7 nitrogen and oxygen atoms in total. The maximum atomic E-state index is 13.5. The number of ketones is 1. The highest BCUT2D eigenvalue weighted by atomic mass is 35.5. The topological polar surface area (TPSA) is 97.6 Å². The van der Waals surface area contributed by atoms with Crippen LogP contribution >= 0.6 is 11.6 Å². The fraction of sp³-hybridized carbons (Fsp3) is 0.207. The van der Waals surface area contributed by atoms with Crippen LogP contribution in [-0.4, -0.2) is 33.8 Å². The Balaban J connectivity index is 1.69. The van der Waals surface area contributed by atoms with Gasteiger partial charge < -0.3 is 14.4 Å². The number of carbonyl (C=O) groups is 3. The number of nitrogens with one attached hydrogen (secondary N) is 1. The Kier molecular flexibility index (Phi) is 8.20. The van der Waals surface area contributed by atoms with Crippen molar-refractivity contribution in [2.24, 2.45) is 5.92 Å². The van der Waals surface area contributed by atoms with Crippen LogP contribution in [0.5, 0.6) is 5.75 Å². The number of ether oxygens (including phenoxy) is 1. The fourth-order valence-corrected chi connectivity index (χ4v) is 4.65. The molecule has 40 heavy (non-hydrogen) atoms. The molecule has 4 rings (SSSR count). The average molecular weight is 573 g/mol. The average Bonchev–Trinajstić information content (AvgIpc) is 3.14. The zero-order valence-electron chi connectivity index (χ0n) is 21.4. The molecular weight excluding hydrogens is 549 g/mol. The standard InChI is InChI=1S/C29H24ClF3N2O5/c1-16(27(37)34-28(38)39)13-18-3-5-19(6-4-18)15-35-17(2)25(26(36)20-7-9-21(30)10-8-20)23-12-11-22(14-24(23)35)40-29(31,32)33/h3-12,14,16H,13,15H2,1-2H3,(H,34,37)(H,38,39)/t16-/m1/s1. The molecule has 0 radical (unpaired) electrons. The van der Waals surface area contributed by atoms with Crippen molar-refractivity contribution in [3.05, 3.63) is 99.7 Å². The van der Waals surface area contributed by atoms with E-state index in [4.69, 9.17) is 16.7 Å². The van der Waals surface area contributed by atoms with Gasteiger partial charge in [-0.05, 0) is 60.9 Å². The smallest absolute Gasteiger partial charge is 0.465 e. The van der Waals surface area contributed by atoms with Crippen molar-refractivity contribution < 1.29 is 37.4 Å². The molecule has 0 bridgehead atoms. The molecule has 1 aromatic heterocycles. The molecule has 0 aliphatic rings. The number of rotatable bonds is 8. The minimum atomic E-state index is -4.88. The van der Waals surface area contributed by atoms with Crippen LogP contribution < -0.4 is 10.1 Å². The number of amides is 2. The maximum absolute atomic E-state index is 13.5. The van der Waals surface area contributed by atoms with E-state index in [9.17, 15) is 27.6 Å². The van der Waals surface area contributed by atoms with Gasteiger partial charge in [0.05, 0.1) is 11.1 Å². The predicted molar refractivity (Wildman–Crippen MR) is 143 cm³/mol. The van der Waals surface area contributed by atoms with Gasteiger partial charge in [-0.2, -0.15) is 0 Å². The molecule has 0 unspecified atom stereocenters. The summed E-state index contributed by atoms with van der Waals surface area (Å²) in [4.78, 5) is 36.1. The van der Waals surface area contributed by atoms with Gasteiger partial charge in [-0.25, -0.2) is 4.79 Å². The van der Waals surface area contributed by atoms with Crippen molar-refractivity contribution in [3.63, 3.8) is 0 Å². The molecule has 208 valence electrons. The molecule has 3 aromatic carbocycles. The Morgan fingerprint density at radius 3 is 2.23 bits per heavy atom. The van der Waals surface area contributed by atoms with E-state index in [-0.39, 0.29) is 12.3 Å². The second-order valence-corrected chi connectivity index (χ2v) is 9.76. The molecule has 1 atom stereocenters. The third-order valence-corrected chi connectivity index (χ3v) is 6.70. The number of carboxylic acid groups (broad SMARTS) is 1. The molecule has 0 saturated carbocycles. The third kappa shape index (κ3) is 6.63. The molecule has 11 heteroatoms. The third-order valence-electron chi connectivity index (χ3n) is 6.45. The summed E-state index contributed by atoms with van der Waals surface area (Å²) in [5.74, 6) is -1.90. The van der Waals surface area contributed by atoms with Gasteiger partial charge in [0.25, 0.3) is 0 Å². The Hall–Kier alpha value is -4.31. The minimum absolute atomic E-state index is 0.237. The van der Waals surface area contributed by atoms with E-state index in [1.807, 2.05) is 5.32 Å². The zero-order chi connectivity index (χ0) is 29.2. The number of benzene rings is 3. The normalized spacial score (nSPS) is 12.2. The predicted octanol–water partition coefficient (Wildman–Crippen LogP) is 6.75. The van der Waals surface area contributed by atoms with Crippen molar-refractivity contribution in [1.82, 2.24) is 9.88 Å². The van der Waals surface area contributed by atoms with E-state index in [0.29, 0.717) is 39.2 Å². The van der Waals surface area contributed by atoms with Crippen LogP contribution in [0.25, 0.3) is 10.9 Å². The van der Waals surface area contributed by atoms with Gasteiger partial charge >= 0.3 is 12.5 Å². The molecule has 4 aromatic rings. The number of alkyl halides is 3. The number of aromatic nitrogens is 1. The first kappa shape index (κ1) is 28.7. The zero-order valence-corrected chi connectivity index (χ0v) is 22.1. The SMILES string of the molecule is Cc1c(C(=O)c2ccc(Cl)cc2)c2ccc(OC(F)(F)F)cc2n1Cc1ccc(C[C@@H](C)C(=O)NC(=O)O)cc1. The van der Waals surface area contributed by atoms with Crippen molar-refractivity contribution in [1.29, 1.82) is 0 Å². The van der Waals surface area contributed by atoms with Crippen LogP contribution in [0, 0.1) is 12.8 Å². The number of hydrogen-bond donors (Lipinski definition) is 2. The van der Waals surface area contributed by atoms with Crippen molar-refractivity contribution in [2.45, 2.75) is 33.2 Å². The van der Waals surface area contributed by atoms with Crippen molar-refractivity contribution >= 4 is 40.3 Å². The lowest BCUT2D eigenvalue weighted by Crippen LogP contribution is -2.34. The molecule has 0 spiro atoms. The number of carbonyl (C=O) groups excluding carboxylic acids is 2. The van der Waals surface area contributed by atoms with E-state index in [1.54, 1.807) is 66.9 Å². The van der Waals surface area contributed by atoms with E-state index in [2.05, 4.69) is 4.74 Å². The monoisotopic (exact) mass is 572 g/mol. The first-order chi connectivity index (χ1) is 18.8. The van der Waals surface area contributed by atoms with Gasteiger partial charge in [0.2, 0.25) is 5.91 Å². The summed E-state index contributed by atoms with van der Waals surface area (Å²) >= 11 is 5.96. The molecule has 0 aliphatic carbocycles. The molecule has 2 N–H and O–H groups in total. The molecule has 0 aliphatic heterocycles. The van der Waals surface area contributed by atoms with Gasteiger partial charge in [-0.1, -0.05) is 42.8 Å². The van der Waals surface area contributed by atoms with Crippen LogP contribution in [0.15, 0.2) is 66.7 Å². The second-order valence-electron chi connectivity index (χ2n) is 9.33. The quantitative estimate of drug-likeness (QED) is 0.228. The summed E-state index contributed by atoms with van der Waals surface area (Å²) in [6.07, 6.45) is -5.99. The Bertz CT molecular complexity index is 1580. The number of nitrogens with zero attached hydrogens (tertiary/aromatic N) is 1. The highest BCUT2D eigenvalue weighted by Gasteiger charge is 2.32.